The van der Waals surface area contributed by atoms with Crippen molar-refractivity contribution in [3.05, 3.63) is 41.6 Å². The molecule has 0 aliphatic carbocycles. The molecular weight excluding hydrogens is 322 g/mol. The van der Waals surface area contributed by atoms with E-state index in [0.717, 1.165) is 0 Å². The van der Waals surface area contributed by atoms with E-state index in [9.17, 15) is 4.79 Å². The lowest BCUT2D eigenvalue weighted by Gasteiger charge is -2.05. The Hall–Kier alpha value is -2.87. The predicted octanol–water partition coefficient (Wildman–Crippen LogP) is 2.14. The van der Waals surface area contributed by atoms with Crippen molar-refractivity contribution in [1.29, 1.82) is 0 Å². The average molecular weight is 334 g/mol. The van der Waals surface area contributed by atoms with E-state index >= 15 is 0 Å². The van der Waals surface area contributed by atoms with Gasteiger partial charge in [-0.15, -0.1) is 5.10 Å². The summed E-state index contributed by atoms with van der Waals surface area (Å²) in [7, 11) is 1.75. The van der Waals surface area contributed by atoms with E-state index in [2.05, 4.69) is 20.6 Å². The third-order valence-corrected chi connectivity index (χ3v) is 3.15. The normalized spacial score (nSPS) is 10.5. The van der Waals surface area contributed by atoms with Crippen molar-refractivity contribution < 1.29 is 13.9 Å². The van der Waals surface area contributed by atoms with Crippen LogP contribution < -0.4 is 10.1 Å². The molecule has 3 rings (SSSR count). The first kappa shape index (κ1) is 15.0. The number of hydrogen-bond donors (Lipinski definition) is 1. The number of aromatic nitrogens is 4. The SMILES string of the molecule is Cn1nccc1-c1nnc(NC(=O)COc2ccc(Cl)cc2)o1. The van der Waals surface area contributed by atoms with Crippen LogP contribution in [0.5, 0.6) is 5.75 Å². The lowest BCUT2D eigenvalue weighted by molar-refractivity contribution is -0.118. The highest BCUT2D eigenvalue weighted by molar-refractivity contribution is 6.30. The van der Waals surface area contributed by atoms with Gasteiger partial charge in [-0.25, -0.2) is 0 Å². The molecule has 0 aliphatic heterocycles. The van der Waals surface area contributed by atoms with Crippen molar-refractivity contribution >= 4 is 23.5 Å². The Labute approximate surface area is 136 Å². The molecule has 3 aromatic rings. The van der Waals surface area contributed by atoms with Gasteiger partial charge < -0.3 is 9.15 Å². The smallest absolute Gasteiger partial charge is 0.322 e. The molecule has 2 heterocycles. The van der Waals surface area contributed by atoms with E-state index in [0.29, 0.717) is 16.5 Å². The maximum Gasteiger partial charge on any atom is 0.322 e. The molecule has 0 aliphatic rings. The third-order valence-electron chi connectivity index (χ3n) is 2.89. The number of nitrogens with one attached hydrogen (secondary N) is 1. The van der Waals surface area contributed by atoms with Gasteiger partial charge in [0.1, 0.15) is 11.4 Å². The van der Waals surface area contributed by atoms with Crippen LogP contribution in [-0.4, -0.2) is 32.5 Å². The van der Waals surface area contributed by atoms with Gasteiger partial charge in [-0.2, -0.15) is 5.10 Å². The van der Waals surface area contributed by atoms with Crippen molar-refractivity contribution in [2.24, 2.45) is 7.05 Å². The molecule has 0 saturated carbocycles. The number of ether oxygens (including phenoxy) is 1. The Kier molecular flexibility index (Phi) is 4.24. The van der Waals surface area contributed by atoms with Crippen molar-refractivity contribution in [2.45, 2.75) is 0 Å². The van der Waals surface area contributed by atoms with Gasteiger partial charge in [-0.1, -0.05) is 16.7 Å². The number of nitrogens with zero attached hydrogens (tertiary/aromatic N) is 4. The van der Waals surface area contributed by atoms with Crippen LogP contribution in [0.25, 0.3) is 11.6 Å². The molecule has 8 nitrogen and oxygen atoms in total. The molecule has 0 atom stereocenters. The second-order valence-corrected chi connectivity index (χ2v) is 4.98. The molecule has 0 bridgehead atoms. The van der Waals surface area contributed by atoms with E-state index in [4.69, 9.17) is 20.8 Å². The largest absolute Gasteiger partial charge is 0.484 e. The Morgan fingerprint density at radius 1 is 1.30 bits per heavy atom. The number of hydrogen-bond acceptors (Lipinski definition) is 6. The van der Waals surface area contributed by atoms with Gasteiger partial charge in [-0.3, -0.25) is 14.8 Å². The summed E-state index contributed by atoms with van der Waals surface area (Å²) in [4.78, 5) is 11.8. The summed E-state index contributed by atoms with van der Waals surface area (Å²) in [5.41, 5.74) is 0.649. The Bertz CT molecular complexity index is 812. The number of carbonyl (C=O) groups excluding carboxylic acids is 1. The number of rotatable bonds is 5. The van der Waals surface area contributed by atoms with Crippen LogP contribution in [-0.2, 0) is 11.8 Å². The second kappa shape index (κ2) is 6.49. The average Bonchev–Trinajstić information content (AvgIpc) is 3.15. The number of carbonyl (C=O) groups is 1. The lowest BCUT2D eigenvalue weighted by Crippen LogP contribution is -2.20. The highest BCUT2D eigenvalue weighted by Gasteiger charge is 2.14. The molecule has 1 N–H and O–H groups in total. The monoisotopic (exact) mass is 333 g/mol. The Balaban J connectivity index is 1.57. The van der Waals surface area contributed by atoms with Gasteiger partial charge in [0.05, 0.1) is 0 Å². The topological polar surface area (TPSA) is 95.1 Å². The van der Waals surface area contributed by atoms with E-state index in [-0.39, 0.29) is 18.5 Å². The van der Waals surface area contributed by atoms with E-state index < -0.39 is 5.91 Å². The quantitative estimate of drug-likeness (QED) is 0.768. The van der Waals surface area contributed by atoms with Crippen LogP contribution in [0.2, 0.25) is 5.02 Å². The van der Waals surface area contributed by atoms with Crippen molar-refractivity contribution in [2.75, 3.05) is 11.9 Å². The predicted molar refractivity (Wildman–Crippen MR) is 82.1 cm³/mol. The molecule has 0 spiro atoms. The second-order valence-electron chi connectivity index (χ2n) is 4.54. The first-order valence-corrected chi connectivity index (χ1v) is 7.00. The van der Waals surface area contributed by atoms with Gasteiger partial charge in [0.2, 0.25) is 0 Å². The van der Waals surface area contributed by atoms with E-state index in [1.165, 1.54) is 0 Å². The highest BCUT2D eigenvalue weighted by atomic mass is 35.5. The van der Waals surface area contributed by atoms with Gasteiger partial charge in [0.25, 0.3) is 11.8 Å². The molecule has 0 fully saturated rings. The Morgan fingerprint density at radius 2 is 2.09 bits per heavy atom. The maximum atomic E-state index is 11.8. The number of anilines is 1. The van der Waals surface area contributed by atoms with E-state index in [1.807, 2.05) is 0 Å². The van der Waals surface area contributed by atoms with Gasteiger partial charge in [-0.05, 0) is 30.3 Å². The number of benzene rings is 1. The number of aryl methyl sites for hydroxylation is 1. The molecule has 1 amide bonds. The fourth-order valence-electron chi connectivity index (χ4n) is 1.80. The Morgan fingerprint density at radius 3 is 2.78 bits per heavy atom. The minimum atomic E-state index is -0.417. The van der Waals surface area contributed by atoms with Crippen LogP contribution in [0.15, 0.2) is 40.9 Å². The molecule has 9 heteroatoms. The molecule has 0 saturated heterocycles. The molecule has 2 aromatic heterocycles. The van der Waals surface area contributed by atoms with Crippen molar-refractivity contribution in [3.63, 3.8) is 0 Å². The zero-order chi connectivity index (χ0) is 16.2. The van der Waals surface area contributed by atoms with Gasteiger partial charge >= 0.3 is 6.01 Å². The van der Waals surface area contributed by atoms with Crippen LogP contribution in [0.4, 0.5) is 6.01 Å². The number of amides is 1. The molecule has 0 radical (unpaired) electrons. The van der Waals surface area contributed by atoms with Crippen LogP contribution >= 0.6 is 11.6 Å². The molecule has 0 unspecified atom stereocenters. The summed E-state index contributed by atoms with van der Waals surface area (Å²) in [6, 6.07) is 8.40. The van der Waals surface area contributed by atoms with Crippen molar-refractivity contribution in [3.8, 4) is 17.3 Å². The summed E-state index contributed by atoms with van der Waals surface area (Å²) in [5.74, 6) is 0.379. The van der Waals surface area contributed by atoms with Gasteiger partial charge in [0.15, 0.2) is 6.61 Å². The van der Waals surface area contributed by atoms with Crippen LogP contribution in [0, 0.1) is 0 Å². The van der Waals surface area contributed by atoms with Gasteiger partial charge in [0, 0.05) is 18.3 Å². The third kappa shape index (κ3) is 3.67. The van der Waals surface area contributed by atoms with Crippen LogP contribution in [0.3, 0.4) is 0 Å². The lowest BCUT2D eigenvalue weighted by atomic mass is 10.3. The molecule has 1 aromatic carbocycles. The van der Waals surface area contributed by atoms with Crippen molar-refractivity contribution in [1.82, 2.24) is 20.0 Å². The zero-order valence-corrected chi connectivity index (χ0v) is 12.8. The minimum Gasteiger partial charge on any atom is -0.484 e. The maximum absolute atomic E-state index is 11.8. The zero-order valence-electron chi connectivity index (χ0n) is 12.1. The summed E-state index contributed by atoms with van der Waals surface area (Å²) in [6.45, 7) is -0.189. The molecular formula is C14H12ClN5O3. The number of halogens is 1. The highest BCUT2D eigenvalue weighted by Crippen LogP contribution is 2.18. The summed E-state index contributed by atoms with van der Waals surface area (Å²) < 4.78 is 12.3. The molecule has 23 heavy (non-hydrogen) atoms. The minimum absolute atomic E-state index is 0.00842. The fourth-order valence-corrected chi connectivity index (χ4v) is 1.92. The van der Waals surface area contributed by atoms with E-state index in [1.54, 1.807) is 48.3 Å². The summed E-state index contributed by atoms with van der Waals surface area (Å²) in [5, 5.41) is 14.7. The fraction of sp³-hybridized carbons (Fsp3) is 0.143. The molecule has 118 valence electrons. The first-order valence-electron chi connectivity index (χ1n) is 6.62. The standard InChI is InChI=1S/C14H12ClN5O3/c1-20-11(6-7-16-20)13-18-19-14(23-13)17-12(21)8-22-10-4-2-9(15)3-5-10/h2-7H,8H2,1H3,(H,17,19,21). The summed E-state index contributed by atoms with van der Waals surface area (Å²) >= 11 is 5.77. The first-order chi connectivity index (χ1) is 11.1. The van der Waals surface area contributed by atoms with Crippen LogP contribution in [0.1, 0.15) is 0 Å². The summed E-state index contributed by atoms with van der Waals surface area (Å²) in [6.07, 6.45) is 1.61.